The molecule has 0 N–H and O–H groups in total. The zero-order chi connectivity index (χ0) is 15.2. The van der Waals surface area contributed by atoms with Crippen LogP contribution in [-0.2, 0) is 4.79 Å². The lowest BCUT2D eigenvalue weighted by Crippen LogP contribution is -2.54. The van der Waals surface area contributed by atoms with Crippen LogP contribution in [0.2, 0.25) is 0 Å². The zero-order valence-electron chi connectivity index (χ0n) is 13.3. The molecule has 0 saturated carbocycles. The Labute approximate surface area is 132 Å². The molecule has 1 saturated heterocycles. The van der Waals surface area contributed by atoms with Gasteiger partial charge in [-0.05, 0) is 38.2 Å². The number of rotatable bonds is 5. The molecule has 2 rings (SSSR count). The Morgan fingerprint density at radius 3 is 2.62 bits per heavy atom. The highest BCUT2D eigenvalue weighted by Gasteiger charge is 2.27. The Bertz CT molecular complexity index is 460. The number of hydrogen-bond donors (Lipinski definition) is 0. The summed E-state index contributed by atoms with van der Waals surface area (Å²) in [5.74, 6) is 2.00. The van der Waals surface area contributed by atoms with E-state index in [1.54, 1.807) is 11.8 Å². The lowest BCUT2D eigenvalue weighted by molar-refractivity contribution is -0.130. The first-order valence-electron chi connectivity index (χ1n) is 7.80. The molecule has 4 heteroatoms. The zero-order valence-corrected chi connectivity index (χ0v) is 14.2. The number of carbonyl (C=O) groups excluding carboxylic acids is 1. The summed E-state index contributed by atoms with van der Waals surface area (Å²) in [5.41, 5.74) is 2.55. The topological polar surface area (TPSA) is 23.6 Å². The van der Waals surface area contributed by atoms with Gasteiger partial charge in [0.1, 0.15) is 0 Å². The predicted octanol–water partition coefficient (Wildman–Crippen LogP) is 3.18. The molecule has 1 aliphatic heterocycles. The van der Waals surface area contributed by atoms with E-state index >= 15 is 0 Å². The van der Waals surface area contributed by atoms with Crippen molar-refractivity contribution in [3.8, 4) is 0 Å². The predicted molar refractivity (Wildman–Crippen MR) is 92.2 cm³/mol. The summed E-state index contributed by atoms with van der Waals surface area (Å²) in [4.78, 5) is 16.7. The van der Waals surface area contributed by atoms with Crippen LogP contribution in [0.5, 0.6) is 0 Å². The minimum absolute atomic E-state index is 0.287. The first-order valence-corrected chi connectivity index (χ1v) is 8.96. The summed E-state index contributed by atoms with van der Waals surface area (Å²) in [6, 6.07) is 8.94. The van der Waals surface area contributed by atoms with Gasteiger partial charge < -0.3 is 9.80 Å². The molecule has 0 aromatic heterocycles. The van der Waals surface area contributed by atoms with E-state index in [0.29, 0.717) is 11.7 Å². The van der Waals surface area contributed by atoms with Crippen LogP contribution in [0.3, 0.4) is 0 Å². The lowest BCUT2D eigenvalue weighted by atomic mass is 10.1. The summed E-state index contributed by atoms with van der Waals surface area (Å²) < 4.78 is 0. The number of aryl methyl sites for hydroxylation is 1. The number of thioether (sulfide) groups is 1. The number of anilines is 1. The highest BCUT2D eigenvalue weighted by Crippen LogP contribution is 2.20. The second kappa shape index (κ2) is 7.74. The van der Waals surface area contributed by atoms with E-state index in [-0.39, 0.29) is 6.04 Å². The Morgan fingerprint density at radius 1 is 1.29 bits per heavy atom. The Kier molecular flexibility index (Phi) is 5.97. The smallest absolute Gasteiger partial charge is 0.232 e. The Morgan fingerprint density at radius 2 is 2.00 bits per heavy atom. The summed E-state index contributed by atoms with van der Waals surface area (Å²) in [5, 5.41) is 0. The molecule has 1 aromatic carbocycles. The van der Waals surface area contributed by atoms with Gasteiger partial charge in [0.05, 0.1) is 5.75 Å². The van der Waals surface area contributed by atoms with Crippen molar-refractivity contribution in [2.75, 3.05) is 36.0 Å². The number of nitrogens with zero attached hydrogens (tertiary/aromatic N) is 2. The van der Waals surface area contributed by atoms with Gasteiger partial charge in [-0.2, -0.15) is 11.8 Å². The van der Waals surface area contributed by atoms with Gasteiger partial charge >= 0.3 is 0 Å². The van der Waals surface area contributed by atoms with Crippen LogP contribution in [0.4, 0.5) is 5.69 Å². The van der Waals surface area contributed by atoms with Crippen molar-refractivity contribution in [2.45, 2.75) is 33.2 Å². The molecule has 1 amide bonds. The number of piperazine rings is 1. The first-order chi connectivity index (χ1) is 10.1. The second-order valence-corrected chi connectivity index (χ2v) is 6.88. The van der Waals surface area contributed by atoms with Crippen LogP contribution < -0.4 is 4.90 Å². The SMILES string of the molecule is CCCSCC(=O)N1CCN(c2ccc(C)cc2)C[C@@H]1C. The molecule has 1 atom stereocenters. The molecule has 0 spiro atoms. The number of carbonyl (C=O) groups is 1. The molecule has 1 aliphatic rings. The fraction of sp³-hybridized carbons (Fsp3) is 0.588. The van der Waals surface area contributed by atoms with Crippen LogP contribution in [0.15, 0.2) is 24.3 Å². The molecule has 21 heavy (non-hydrogen) atoms. The third kappa shape index (κ3) is 4.40. The summed E-state index contributed by atoms with van der Waals surface area (Å²) in [6.45, 7) is 9.10. The normalized spacial score (nSPS) is 18.9. The fourth-order valence-electron chi connectivity index (χ4n) is 2.70. The second-order valence-electron chi connectivity index (χ2n) is 5.77. The molecule has 0 unspecified atom stereocenters. The summed E-state index contributed by atoms with van der Waals surface area (Å²) >= 11 is 1.75. The monoisotopic (exact) mass is 306 g/mol. The van der Waals surface area contributed by atoms with Crippen LogP contribution in [-0.4, -0.2) is 48.0 Å². The molecule has 1 heterocycles. The van der Waals surface area contributed by atoms with Crippen LogP contribution >= 0.6 is 11.8 Å². The van der Waals surface area contributed by atoms with Gasteiger partial charge in [0.2, 0.25) is 5.91 Å². The van der Waals surface area contributed by atoms with Gasteiger partial charge in [-0.1, -0.05) is 24.6 Å². The minimum Gasteiger partial charge on any atom is -0.368 e. The third-order valence-corrected chi connectivity index (χ3v) is 5.07. The molecule has 0 radical (unpaired) electrons. The van der Waals surface area contributed by atoms with Crippen LogP contribution in [0.25, 0.3) is 0 Å². The van der Waals surface area contributed by atoms with E-state index in [1.165, 1.54) is 11.3 Å². The van der Waals surface area contributed by atoms with Crippen molar-refractivity contribution < 1.29 is 4.79 Å². The van der Waals surface area contributed by atoms with Crippen molar-refractivity contribution in [3.63, 3.8) is 0 Å². The van der Waals surface area contributed by atoms with Crippen LogP contribution in [0.1, 0.15) is 25.8 Å². The molecular formula is C17H26N2OS. The van der Waals surface area contributed by atoms with E-state index in [9.17, 15) is 4.79 Å². The molecule has 3 nitrogen and oxygen atoms in total. The van der Waals surface area contributed by atoms with Gasteiger partial charge in [-0.3, -0.25) is 4.79 Å². The maximum absolute atomic E-state index is 12.3. The van der Waals surface area contributed by atoms with Gasteiger partial charge in [0.25, 0.3) is 0 Å². The van der Waals surface area contributed by atoms with E-state index in [2.05, 4.69) is 49.9 Å². The Balaban J connectivity index is 1.89. The van der Waals surface area contributed by atoms with Crippen molar-refractivity contribution in [1.29, 1.82) is 0 Å². The van der Waals surface area contributed by atoms with Crippen LogP contribution in [0, 0.1) is 6.92 Å². The molecule has 1 aromatic rings. The molecule has 116 valence electrons. The first kappa shape index (κ1) is 16.2. The minimum atomic E-state index is 0.287. The largest absolute Gasteiger partial charge is 0.368 e. The lowest BCUT2D eigenvalue weighted by Gasteiger charge is -2.41. The quantitative estimate of drug-likeness (QED) is 0.781. The number of hydrogen-bond acceptors (Lipinski definition) is 3. The standard InChI is InChI=1S/C17H26N2OS/c1-4-11-21-13-17(20)19-10-9-18(12-15(19)3)16-7-5-14(2)6-8-16/h5-8,15H,4,9-13H2,1-3H3/t15-/m0/s1. The molecule has 0 aliphatic carbocycles. The fourth-order valence-corrected chi connectivity index (χ4v) is 3.48. The third-order valence-electron chi connectivity index (χ3n) is 3.92. The van der Waals surface area contributed by atoms with Gasteiger partial charge in [-0.15, -0.1) is 0 Å². The molecule has 0 bridgehead atoms. The van der Waals surface area contributed by atoms with Gasteiger partial charge in [0, 0.05) is 31.4 Å². The summed E-state index contributed by atoms with van der Waals surface area (Å²) in [7, 11) is 0. The highest BCUT2D eigenvalue weighted by molar-refractivity contribution is 7.99. The highest BCUT2D eigenvalue weighted by atomic mass is 32.2. The van der Waals surface area contributed by atoms with Crippen molar-refractivity contribution >= 4 is 23.4 Å². The summed E-state index contributed by atoms with van der Waals surface area (Å²) in [6.07, 6.45) is 1.13. The van der Waals surface area contributed by atoms with Gasteiger partial charge in [-0.25, -0.2) is 0 Å². The molecular weight excluding hydrogens is 280 g/mol. The van der Waals surface area contributed by atoms with Crippen molar-refractivity contribution in [2.24, 2.45) is 0 Å². The van der Waals surface area contributed by atoms with E-state index in [4.69, 9.17) is 0 Å². The van der Waals surface area contributed by atoms with E-state index < -0.39 is 0 Å². The maximum atomic E-state index is 12.3. The van der Waals surface area contributed by atoms with Gasteiger partial charge in [0.15, 0.2) is 0 Å². The number of benzene rings is 1. The Hall–Kier alpha value is -1.16. The average molecular weight is 306 g/mol. The van der Waals surface area contributed by atoms with E-state index in [1.807, 2.05) is 4.90 Å². The van der Waals surface area contributed by atoms with E-state index in [0.717, 1.165) is 31.8 Å². The average Bonchev–Trinajstić information content (AvgIpc) is 2.48. The van der Waals surface area contributed by atoms with Crippen molar-refractivity contribution in [3.05, 3.63) is 29.8 Å². The van der Waals surface area contributed by atoms with Crippen molar-refractivity contribution in [1.82, 2.24) is 4.90 Å². The molecule has 1 fully saturated rings. The maximum Gasteiger partial charge on any atom is 0.232 e. The number of amides is 1.